The molecule has 3 aromatic carbocycles. The number of carbonyl (C=O) groups excluding carboxylic acids is 2. The zero-order valence-corrected chi connectivity index (χ0v) is 21.5. The minimum absolute atomic E-state index is 0.112. The largest absolute Gasteiger partial charge is 0.507 e. The number of aliphatic hydroxyl groups is 1. The highest BCUT2D eigenvalue weighted by Crippen LogP contribution is 2.44. The fraction of sp³-hybridized carbons (Fsp3) is 0.267. The fourth-order valence-electron chi connectivity index (χ4n) is 4.47. The summed E-state index contributed by atoms with van der Waals surface area (Å²) >= 11 is 0. The molecular weight excluding hydrogens is 495 g/mol. The Morgan fingerprint density at radius 3 is 2.21 bits per heavy atom. The van der Waals surface area contributed by atoms with E-state index in [0.29, 0.717) is 29.4 Å². The van der Waals surface area contributed by atoms with Crippen molar-refractivity contribution < 1.29 is 32.6 Å². The molecule has 0 spiro atoms. The minimum atomic E-state index is -4.55. The molecule has 0 bridgehead atoms. The molecule has 1 aliphatic heterocycles. The molecule has 0 radical (unpaired) electrons. The van der Waals surface area contributed by atoms with Crippen LogP contribution in [0, 0.1) is 19.8 Å². The second-order valence-electron chi connectivity index (χ2n) is 9.76. The smallest absolute Gasteiger partial charge is 0.416 e. The molecule has 0 aliphatic carbocycles. The first-order chi connectivity index (χ1) is 17.9. The van der Waals surface area contributed by atoms with Crippen LogP contribution < -0.4 is 9.64 Å². The molecule has 8 heteroatoms. The highest BCUT2D eigenvalue weighted by molar-refractivity contribution is 6.51. The number of aryl methyl sites for hydroxylation is 2. The molecule has 0 saturated carbocycles. The molecule has 1 N–H and O–H groups in total. The van der Waals surface area contributed by atoms with Gasteiger partial charge in [0.1, 0.15) is 11.5 Å². The first-order valence-corrected chi connectivity index (χ1v) is 12.2. The van der Waals surface area contributed by atoms with E-state index >= 15 is 0 Å². The number of alkyl halides is 3. The fourth-order valence-corrected chi connectivity index (χ4v) is 4.47. The number of rotatable bonds is 6. The van der Waals surface area contributed by atoms with Crippen LogP contribution in [0.4, 0.5) is 18.9 Å². The molecular formula is C30H28F3NO4. The van der Waals surface area contributed by atoms with E-state index in [-0.39, 0.29) is 17.0 Å². The lowest BCUT2D eigenvalue weighted by Gasteiger charge is -2.27. The summed E-state index contributed by atoms with van der Waals surface area (Å²) in [4.78, 5) is 27.8. The van der Waals surface area contributed by atoms with Crippen LogP contribution in [0.3, 0.4) is 0 Å². The van der Waals surface area contributed by atoms with Crippen LogP contribution >= 0.6 is 0 Å². The number of halogens is 3. The summed E-state index contributed by atoms with van der Waals surface area (Å²) in [6.07, 6.45) is -4.55. The molecule has 3 aromatic rings. The van der Waals surface area contributed by atoms with E-state index in [1.807, 2.05) is 20.8 Å². The molecule has 4 rings (SSSR count). The lowest BCUT2D eigenvalue weighted by molar-refractivity contribution is -0.137. The minimum Gasteiger partial charge on any atom is -0.507 e. The van der Waals surface area contributed by atoms with Gasteiger partial charge >= 0.3 is 6.18 Å². The summed E-state index contributed by atoms with van der Waals surface area (Å²) in [7, 11) is 0. The Bertz CT molecular complexity index is 1410. The van der Waals surface area contributed by atoms with Crippen molar-refractivity contribution in [2.75, 3.05) is 11.5 Å². The zero-order chi connectivity index (χ0) is 27.8. The number of ketones is 1. The van der Waals surface area contributed by atoms with Gasteiger partial charge < -0.3 is 9.84 Å². The average molecular weight is 524 g/mol. The van der Waals surface area contributed by atoms with Crippen molar-refractivity contribution in [3.63, 3.8) is 0 Å². The van der Waals surface area contributed by atoms with Gasteiger partial charge in [0.05, 0.1) is 23.8 Å². The maximum Gasteiger partial charge on any atom is 0.416 e. The van der Waals surface area contributed by atoms with Crippen molar-refractivity contribution in [2.45, 2.75) is 39.9 Å². The Kier molecular flexibility index (Phi) is 7.35. The third kappa shape index (κ3) is 5.16. The molecule has 1 heterocycles. The number of ether oxygens (including phenoxy) is 1. The molecule has 0 aromatic heterocycles. The van der Waals surface area contributed by atoms with Crippen molar-refractivity contribution >= 4 is 23.1 Å². The quantitative estimate of drug-likeness (QED) is 0.215. The predicted octanol–water partition coefficient (Wildman–Crippen LogP) is 6.98. The van der Waals surface area contributed by atoms with Crippen molar-refractivity contribution in [3.8, 4) is 5.75 Å². The van der Waals surface area contributed by atoms with Crippen LogP contribution in [0.15, 0.2) is 72.3 Å². The summed E-state index contributed by atoms with van der Waals surface area (Å²) < 4.78 is 45.3. The van der Waals surface area contributed by atoms with Crippen molar-refractivity contribution in [1.29, 1.82) is 0 Å². The van der Waals surface area contributed by atoms with E-state index in [9.17, 15) is 27.9 Å². The summed E-state index contributed by atoms with van der Waals surface area (Å²) in [6, 6.07) is 15.0. The van der Waals surface area contributed by atoms with Crippen LogP contribution in [0.2, 0.25) is 0 Å². The van der Waals surface area contributed by atoms with Crippen molar-refractivity contribution in [1.82, 2.24) is 0 Å². The van der Waals surface area contributed by atoms with Gasteiger partial charge in [-0.25, -0.2) is 0 Å². The first-order valence-electron chi connectivity index (χ1n) is 12.2. The van der Waals surface area contributed by atoms with Gasteiger partial charge in [-0.1, -0.05) is 38.1 Å². The number of Topliss-reactive ketones (excluding diaryl/α,β-unsaturated/α-hetero) is 1. The molecule has 1 aliphatic rings. The highest BCUT2D eigenvalue weighted by atomic mass is 19.4. The lowest BCUT2D eigenvalue weighted by Crippen LogP contribution is -2.29. The molecule has 38 heavy (non-hydrogen) atoms. The molecule has 1 fully saturated rings. The number of nitrogens with zero attached hydrogens (tertiary/aromatic N) is 1. The topological polar surface area (TPSA) is 66.8 Å². The number of hydrogen-bond donors (Lipinski definition) is 1. The number of anilines is 1. The Morgan fingerprint density at radius 2 is 1.63 bits per heavy atom. The van der Waals surface area contributed by atoms with E-state index in [1.165, 1.54) is 0 Å². The molecule has 1 atom stereocenters. The number of amides is 1. The number of benzene rings is 3. The van der Waals surface area contributed by atoms with E-state index < -0.39 is 29.5 Å². The van der Waals surface area contributed by atoms with Gasteiger partial charge in [0.2, 0.25) is 0 Å². The van der Waals surface area contributed by atoms with E-state index in [4.69, 9.17) is 4.74 Å². The van der Waals surface area contributed by atoms with E-state index in [0.717, 1.165) is 40.3 Å². The second kappa shape index (κ2) is 10.4. The first kappa shape index (κ1) is 27.0. The number of aliphatic hydroxyl groups excluding tert-OH is 1. The van der Waals surface area contributed by atoms with Crippen molar-refractivity contribution in [3.05, 3.63) is 100 Å². The molecule has 1 amide bonds. The molecule has 198 valence electrons. The maximum absolute atomic E-state index is 13.3. The third-order valence-electron chi connectivity index (χ3n) is 6.42. The summed E-state index contributed by atoms with van der Waals surface area (Å²) in [5, 5.41) is 11.4. The average Bonchev–Trinajstić information content (AvgIpc) is 3.12. The van der Waals surface area contributed by atoms with Gasteiger partial charge in [-0.15, -0.1) is 0 Å². The summed E-state index contributed by atoms with van der Waals surface area (Å²) in [6.45, 7) is 8.17. The summed E-state index contributed by atoms with van der Waals surface area (Å²) in [5.41, 5.74) is 1.47. The van der Waals surface area contributed by atoms with Crippen molar-refractivity contribution in [2.24, 2.45) is 5.92 Å². The van der Waals surface area contributed by atoms with Gasteiger partial charge in [-0.2, -0.15) is 13.2 Å². The Balaban J connectivity index is 1.85. The Hall–Kier alpha value is -4.07. The lowest BCUT2D eigenvalue weighted by atomic mass is 9.92. The number of carbonyl (C=O) groups is 2. The Morgan fingerprint density at radius 1 is 0.974 bits per heavy atom. The predicted molar refractivity (Wildman–Crippen MR) is 139 cm³/mol. The molecule has 1 unspecified atom stereocenters. The standard InChI is InChI=1S/C30H28F3NO4/c1-17(2)16-38-24-14-9-20(15-19(24)4)27(35)25-26(23-8-6-5-7-18(23)3)34(29(37)28(25)36)22-12-10-21(11-13-22)30(31,32)33/h5-15,17,26,35H,16H2,1-4H3/b27-25+. The van der Waals surface area contributed by atoms with Crippen LogP contribution in [0.1, 0.15) is 47.7 Å². The van der Waals surface area contributed by atoms with E-state index in [2.05, 4.69) is 0 Å². The second-order valence-corrected chi connectivity index (χ2v) is 9.76. The normalized spacial score (nSPS) is 17.4. The van der Waals surface area contributed by atoms with Gasteiger partial charge in [0.25, 0.3) is 11.7 Å². The van der Waals surface area contributed by atoms with Gasteiger partial charge in [-0.3, -0.25) is 14.5 Å². The van der Waals surface area contributed by atoms with Crippen LogP contribution in [-0.2, 0) is 15.8 Å². The van der Waals surface area contributed by atoms with Gasteiger partial charge in [-0.05, 0) is 78.9 Å². The Labute approximate surface area is 219 Å². The zero-order valence-electron chi connectivity index (χ0n) is 21.5. The van der Waals surface area contributed by atoms with Crippen LogP contribution in [0.5, 0.6) is 5.75 Å². The third-order valence-corrected chi connectivity index (χ3v) is 6.42. The monoisotopic (exact) mass is 523 g/mol. The SMILES string of the molecule is Cc1cc(/C(O)=C2\C(=O)C(=O)N(c3ccc(C(F)(F)F)cc3)C2c2ccccc2C)ccc1OCC(C)C. The maximum atomic E-state index is 13.3. The van der Waals surface area contributed by atoms with Crippen LogP contribution in [0.25, 0.3) is 5.76 Å². The highest BCUT2D eigenvalue weighted by Gasteiger charge is 2.47. The van der Waals surface area contributed by atoms with Crippen LogP contribution in [-0.4, -0.2) is 23.4 Å². The summed E-state index contributed by atoms with van der Waals surface area (Å²) in [5.74, 6) is -1.28. The van der Waals surface area contributed by atoms with Gasteiger partial charge in [0, 0.05) is 11.3 Å². The molecule has 5 nitrogen and oxygen atoms in total. The van der Waals surface area contributed by atoms with E-state index in [1.54, 1.807) is 49.4 Å². The van der Waals surface area contributed by atoms with Gasteiger partial charge in [0.15, 0.2) is 0 Å². The number of hydrogen-bond acceptors (Lipinski definition) is 4. The molecule has 1 saturated heterocycles.